The van der Waals surface area contributed by atoms with Gasteiger partial charge in [0.05, 0.1) is 101 Å². The molecule has 65 heteroatoms. The van der Waals surface area contributed by atoms with Gasteiger partial charge in [0.15, 0.2) is 52.4 Å². The fraction of sp³-hybridized carbons (Fsp3) is 0.541. The number of aromatic nitrogens is 20. The molecule has 0 amide bonds. The monoisotopic (exact) mass is 1980 g/mol. The zero-order valence-electron chi connectivity index (χ0n) is 65.0. The Morgan fingerprint density at radius 2 is 0.746 bits per heavy atom. The molecule has 13 N–H and O–H groups in total. The number of nitrogens with two attached hydrogens (primary N) is 4. The molecule has 10 aromatic heterocycles. The minimum absolute atomic E-state index is 0.00616. The number of imidazole rings is 4. The highest BCUT2D eigenvalue weighted by Gasteiger charge is 2.49. The highest BCUT2D eigenvalue weighted by Crippen LogP contribution is 2.56. The summed E-state index contributed by atoms with van der Waals surface area (Å²) < 4.78 is 125. The Hall–Kier alpha value is -6.53. The Bertz CT molecular complexity index is 6450. The lowest BCUT2D eigenvalue weighted by atomic mass is 10.1. The van der Waals surface area contributed by atoms with Gasteiger partial charge in [-0.3, -0.25) is 61.3 Å². The molecule has 53 nitrogen and oxygen atoms in total. The van der Waals surface area contributed by atoms with Crippen LogP contribution in [-0.4, -0.2) is 213 Å². The molecular formula is C61H73N24O29P6S6-5. The first-order valence-electron chi connectivity index (χ1n) is 37.6. The van der Waals surface area contributed by atoms with Crippen LogP contribution in [0.4, 0.5) is 23.4 Å². The molecule has 682 valence electrons. The molecular weight excluding hydrogens is 1910 g/mol. The van der Waals surface area contributed by atoms with Gasteiger partial charge >= 0.3 is 18.1 Å². The van der Waals surface area contributed by atoms with E-state index in [0.29, 0.717) is 6.42 Å². The molecule has 6 aliphatic rings. The number of nitrogens with one attached hydrogen (secondary N) is 3. The zero-order valence-corrected chi connectivity index (χ0v) is 75.3. The van der Waals surface area contributed by atoms with E-state index in [1.54, 1.807) is 6.92 Å². The van der Waals surface area contributed by atoms with Gasteiger partial charge in [-0.05, 0) is 32.1 Å². The number of aryl methyl sites for hydroxylation is 2. The summed E-state index contributed by atoms with van der Waals surface area (Å²) in [6.07, 6.45) is -12.4. The first kappa shape index (κ1) is 92.7. The molecule has 0 radical (unpaired) electrons. The third-order valence-corrected chi connectivity index (χ3v) is 29.5. The van der Waals surface area contributed by atoms with Crippen LogP contribution in [0.2, 0.25) is 0 Å². The molecule has 24 atom stereocenters. The van der Waals surface area contributed by atoms with Crippen molar-refractivity contribution in [2.24, 2.45) is 0 Å². The number of fused-ring (bicyclic) bond motifs is 4. The highest BCUT2D eigenvalue weighted by molar-refractivity contribution is 8.32. The summed E-state index contributed by atoms with van der Waals surface area (Å²) in [5.41, 5.74) is 21.7. The van der Waals surface area contributed by atoms with Crippen molar-refractivity contribution < 1.29 is 112 Å². The topological polar surface area (TPSA) is 715 Å². The zero-order chi connectivity index (χ0) is 89.6. The number of nitrogens with zero attached hydrogens (tertiary/aromatic N) is 17. The molecule has 6 aliphatic heterocycles. The first-order chi connectivity index (χ1) is 59.6. The van der Waals surface area contributed by atoms with Gasteiger partial charge in [-0.1, -0.05) is 54.2 Å². The lowest BCUT2D eigenvalue weighted by Gasteiger charge is -2.35. The van der Waals surface area contributed by atoms with Crippen molar-refractivity contribution in [1.29, 1.82) is 0 Å². The number of nitrogen functional groups attached to an aromatic ring is 4. The summed E-state index contributed by atoms with van der Waals surface area (Å²) in [5.74, 6) is -0.244. The minimum Gasteiger partial charge on any atom is -0.780 e. The van der Waals surface area contributed by atoms with Crippen LogP contribution in [0.5, 0.6) is 0 Å². The van der Waals surface area contributed by atoms with Gasteiger partial charge in [-0.15, -0.1) is 0 Å². The molecule has 10 aromatic rings. The molecule has 0 bridgehead atoms. The largest absolute Gasteiger partial charge is 0.780 e. The number of hydrogen-bond acceptors (Lipinski definition) is 48. The van der Waals surface area contributed by atoms with Gasteiger partial charge in [-0.2, -0.15) is 4.98 Å². The molecule has 16 heterocycles. The second kappa shape index (κ2) is 36.9. The van der Waals surface area contributed by atoms with Gasteiger partial charge in [0.2, 0.25) is 5.95 Å². The van der Waals surface area contributed by atoms with Gasteiger partial charge in [0.1, 0.15) is 130 Å². The fourth-order valence-corrected chi connectivity index (χ4v) is 23.2. The van der Waals surface area contributed by atoms with E-state index in [4.69, 9.17) is 161 Å². The Morgan fingerprint density at radius 3 is 1.12 bits per heavy atom. The van der Waals surface area contributed by atoms with Crippen molar-refractivity contribution in [2.75, 3.05) is 56.0 Å². The summed E-state index contributed by atoms with van der Waals surface area (Å²) in [6, 6.07) is 0. The Balaban J connectivity index is 0.613. The van der Waals surface area contributed by atoms with Crippen molar-refractivity contribution in [3.8, 4) is 0 Å². The third-order valence-electron chi connectivity index (χ3n) is 20.8. The van der Waals surface area contributed by atoms with Crippen LogP contribution < -0.4 is 70.6 Å². The van der Waals surface area contributed by atoms with E-state index in [9.17, 15) is 57.9 Å². The van der Waals surface area contributed by atoms with Gasteiger partial charge in [-0.25, -0.2) is 59.4 Å². The molecule has 16 rings (SSSR count). The van der Waals surface area contributed by atoms with Gasteiger partial charge in [0, 0.05) is 62.0 Å². The molecule has 6 unspecified atom stereocenters. The minimum atomic E-state index is -4.92. The van der Waals surface area contributed by atoms with Crippen LogP contribution in [0.1, 0.15) is 100 Å². The summed E-state index contributed by atoms with van der Waals surface area (Å²) >= 11 is 32.3. The lowest BCUT2D eigenvalue weighted by molar-refractivity contribution is -0.220. The number of anilines is 4. The second-order valence-corrected chi connectivity index (χ2v) is 45.3. The average molecular weight is 1980 g/mol. The molecule has 0 aromatic carbocycles. The standard InChI is InChI=1S/C61H78N24O29P6S6/c1-4-27-28(5-39(103-27)80-11-25(2)56(86)78-60(80)89)110-116(93,122)99-15-36-31(8-41(106-36)82-21-72-45-49(62)66-18-69-52(45)82)113-119(96,125)101-17-38-33(10-43(108-38)84-23-74-47-51(64)68-20-71-54(47)84)114-120(97,126)102-16-37-32(9-42(107-37)83-22-73-46-50(63)67-19-70-53(46)83)112-118(95,124)100-14-35-30(7-40(104-35)81-12-26(3)57(87)79-61(81)90)111-117(94,123)98-13-34-29(109-115(91,92)121)6-44(105-34)85-24-75-48-55(85)76-59(65)77-58(48)88/h11-12,18-24,27-44H,4-10,13-17H2,1-3H3,(H,93,122)(H,94,123)(H,95,124)(H,96,125)(H,97,126)(H2,62,66,69)(H2,63,67,70)(H2,64,68,71)(H,78,86,89)(H,79,87,90)(H2,91,92,121)(H3,65,76,77,88)/p-5/t27-,28-,29-,30-,31-,32-,33-,34-,35-,36-,37-,38-,39-,40-,41-,42-,43-,44-,116?,117?,118?,119?,120?/m1/s1. The van der Waals surface area contributed by atoms with Crippen LogP contribution in [0.15, 0.2) is 80.7 Å². The number of ether oxygens (including phenoxy) is 6. The number of rotatable bonds is 34. The molecule has 0 saturated carbocycles. The lowest BCUT2D eigenvalue weighted by Crippen LogP contribution is -2.34. The predicted octanol–water partition coefficient (Wildman–Crippen LogP) is -1.58. The highest BCUT2D eigenvalue weighted by atomic mass is 32.7. The molecule has 0 spiro atoms. The number of H-pyrrole nitrogens is 3. The van der Waals surface area contributed by atoms with E-state index in [1.807, 2.05) is 0 Å². The van der Waals surface area contributed by atoms with E-state index in [0.717, 1.165) is 10.9 Å². The Morgan fingerprint density at radius 1 is 0.429 bits per heavy atom. The Labute approximate surface area is 736 Å². The molecule has 0 aliphatic carbocycles. The molecule has 6 fully saturated rings. The normalized spacial score (nSPS) is 29.4. The maximum atomic E-state index is 14.8. The summed E-state index contributed by atoms with van der Waals surface area (Å²) in [5, 5.41) is 0. The van der Waals surface area contributed by atoms with Crippen LogP contribution in [0, 0.1) is 13.8 Å². The van der Waals surface area contributed by atoms with E-state index in [-0.39, 0.29) is 111 Å². The smallest absolute Gasteiger partial charge is 0.330 e. The Kier molecular flexibility index (Phi) is 27.2. The van der Waals surface area contributed by atoms with Crippen LogP contribution >= 0.6 is 40.4 Å². The van der Waals surface area contributed by atoms with Crippen molar-refractivity contribution in [1.82, 2.24) is 97.2 Å². The van der Waals surface area contributed by atoms with Crippen LogP contribution in [-0.2, 0) is 154 Å². The maximum absolute atomic E-state index is 14.8. The van der Waals surface area contributed by atoms with Gasteiger partial charge in [0.25, 0.3) is 16.7 Å². The SMILES string of the molecule is CC[C@H]1O[C@@H](n2cc(C)c(=O)[nH]c2=O)C[C@H]1OP(=O)([S-])OC[C@H]1O[C@@H](n2cnc3c(N)ncnc32)C[C@H]1OP([O-])(=S)OC[C@H]1O[C@@H](n2cnc3c(N)ncnc32)C[C@H]1OP(O)(=S)OC[C@H]1O[C@@H](n2cnc3c(N)ncnc32)C[C@H]1OP([O-])(=S)OC[C@H]1O[C@@H](n2cc(C)c(=O)[nH]c2=O)C[C@H]1OP([O-])(=S)OC[C@H]1O[C@@H](n2cnc3c(=O)[nH]c(N)nc32)C[C@H]1OP([O-])(O)=S. The number of hydrogen-bond donors (Lipinski definition) is 9. The molecule has 126 heavy (non-hydrogen) atoms. The van der Waals surface area contributed by atoms with Crippen LogP contribution in [0.25, 0.3) is 44.7 Å². The van der Waals surface area contributed by atoms with E-state index < -0.39 is 219 Å². The van der Waals surface area contributed by atoms with E-state index in [1.165, 1.54) is 87.0 Å². The molecule has 6 saturated heterocycles. The summed E-state index contributed by atoms with van der Waals surface area (Å²) in [4.78, 5) is 196. The summed E-state index contributed by atoms with van der Waals surface area (Å²) in [6.45, 7) is -27.6. The maximum Gasteiger partial charge on any atom is 0.330 e. The van der Waals surface area contributed by atoms with Crippen LogP contribution in [0.3, 0.4) is 0 Å². The van der Waals surface area contributed by atoms with Crippen molar-refractivity contribution in [3.05, 3.63) is 120 Å². The second-order valence-electron chi connectivity index (χ2n) is 29.1. The van der Waals surface area contributed by atoms with Crippen molar-refractivity contribution >= 4 is 180 Å². The first-order valence-corrected chi connectivity index (χ1v) is 53.0. The summed E-state index contributed by atoms with van der Waals surface area (Å²) in [7, 11) is 0. The quantitative estimate of drug-likeness (QED) is 0.0162. The number of aromatic amines is 3. The predicted molar refractivity (Wildman–Crippen MR) is 445 cm³/mol. The van der Waals surface area contributed by atoms with E-state index in [2.05, 4.69) is 81.6 Å². The van der Waals surface area contributed by atoms with E-state index >= 15 is 0 Å². The fourth-order valence-electron chi connectivity index (χ4n) is 15.0. The average Bonchev–Trinajstić information content (AvgIpc) is 1.64. The van der Waals surface area contributed by atoms with Gasteiger partial charge < -0.3 is 143 Å². The van der Waals surface area contributed by atoms with Crippen molar-refractivity contribution in [3.63, 3.8) is 0 Å². The third kappa shape index (κ3) is 20.7. The van der Waals surface area contributed by atoms with Crippen molar-refractivity contribution in [2.45, 2.75) is 176 Å².